The van der Waals surface area contributed by atoms with Gasteiger partial charge in [-0.25, -0.2) is 0 Å². The Balaban J connectivity index is 2.13. The molecule has 1 aromatic carbocycles. The van der Waals surface area contributed by atoms with Gasteiger partial charge in [-0.2, -0.15) is 5.26 Å². The summed E-state index contributed by atoms with van der Waals surface area (Å²) in [6, 6.07) is 10.4. The lowest BCUT2D eigenvalue weighted by atomic mass is 9.97. The van der Waals surface area contributed by atoms with Crippen LogP contribution in [-0.2, 0) is 4.79 Å². The van der Waals surface area contributed by atoms with Crippen LogP contribution in [0.4, 0.5) is 0 Å². The van der Waals surface area contributed by atoms with Crippen molar-refractivity contribution in [2.45, 2.75) is 38.6 Å². The number of carbonyl (C=O) groups is 1. The van der Waals surface area contributed by atoms with Crippen LogP contribution < -0.4 is 0 Å². The molecular formula is C16H20N2O. The molecule has 1 aromatic rings. The van der Waals surface area contributed by atoms with E-state index in [1.165, 1.54) is 5.56 Å². The summed E-state index contributed by atoms with van der Waals surface area (Å²) >= 11 is 0. The van der Waals surface area contributed by atoms with E-state index in [0.717, 1.165) is 5.56 Å². The number of likely N-dealkylation sites (tertiary alicyclic amines) is 1. The number of Topliss-reactive ketones (excluding diaryl/α,β-unsaturated/α-hetero) is 1. The van der Waals surface area contributed by atoms with Gasteiger partial charge in [0.25, 0.3) is 0 Å². The number of piperidine rings is 1. The molecular weight excluding hydrogens is 236 g/mol. The summed E-state index contributed by atoms with van der Waals surface area (Å²) in [7, 11) is 0. The first-order valence-electron chi connectivity index (χ1n) is 6.87. The normalized spacial score (nSPS) is 18.3. The van der Waals surface area contributed by atoms with Crippen molar-refractivity contribution in [1.29, 1.82) is 5.26 Å². The summed E-state index contributed by atoms with van der Waals surface area (Å²) in [5.41, 5.74) is 2.32. The van der Waals surface area contributed by atoms with Gasteiger partial charge in [0.15, 0.2) is 0 Å². The van der Waals surface area contributed by atoms with Crippen LogP contribution in [0.25, 0.3) is 0 Å². The number of hydrogen-bond donors (Lipinski definition) is 0. The third-order valence-corrected chi connectivity index (χ3v) is 3.76. The molecule has 0 amide bonds. The standard InChI is InChI=1S/C16H20N2O/c1-12(2)13-3-5-14(6-4-13)16(11-17)18-9-7-15(19)8-10-18/h3-6,12,16H,7-10H2,1-2H3. The van der Waals surface area contributed by atoms with Crippen molar-refractivity contribution in [3.05, 3.63) is 35.4 Å². The van der Waals surface area contributed by atoms with Gasteiger partial charge in [0.05, 0.1) is 6.07 Å². The number of benzene rings is 1. The predicted octanol–water partition coefficient (Wildman–Crippen LogP) is 3.04. The highest BCUT2D eigenvalue weighted by Crippen LogP contribution is 2.24. The van der Waals surface area contributed by atoms with E-state index in [9.17, 15) is 10.1 Å². The lowest BCUT2D eigenvalue weighted by Crippen LogP contribution is -2.36. The van der Waals surface area contributed by atoms with Gasteiger partial charge in [-0.3, -0.25) is 9.69 Å². The van der Waals surface area contributed by atoms with Crippen molar-refractivity contribution in [3.63, 3.8) is 0 Å². The van der Waals surface area contributed by atoms with Crippen LogP contribution in [0.1, 0.15) is 49.8 Å². The maximum Gasteiger partial charge on any atom is 0.135 e. The fourth-order valence-corrected chi connectivity index (χ4v) is 2.46. The average molecular weight is 256 g/mol. The zero-order chi connectivity index (χ0) is 13.8. The van der Waals surface area contributed by atoms with E-state index >= 15 is 0 Å². The monoisotopic (exact) mass is 256 g/mol. The molecule has 1 heterocycles. The van der Waals surface area contributed by atoms with Crippen LogP contribution >= 0.6 is 0 Å². The Morgan fingerprint density at radius 1 is 1.11 bits per heavy atom. The van der Waals surface area contributed by atoms with Gasteiger partial charge >= 0.3 is 0 Å². The number of hydrogen-bond acceptors (Lipinski definition) is 3. The van der Waals surface area contributed by atoms with Crippen LogP contribution in [0, 0.1) is 11.3 Å². The third-order valence-electron chi connectivity index (χ3n) is 3.76. The number of nitrogens with zero attached hydrogens (tertiary/aromatic N) is 2. The first-order valence-corrected chi connectivity index (χ1v) is 6.87. The van der Waals surface area contributed by atoms with Gasteiger partial charge in [-0.1, -0.05) is 38.1 Å². The molecule has 0 aliphatic carbocycles. The molecule has 0 N–H and O–H groups in total. The average Bonchev–Trinajstić information content (AvgIpc) is 2.42. The first-order chi connectivity index (χ1) is 9.11. The Morgan fingerprint density at radius 2 is 1.63 bits per heavy atom. The van der Waals surface area contributed by atoms with E-state index in [-0.39, 0.29) is 6.04 Å². The summed E-state index contributed by atoms with van der Waals surface area (Å²) in [5, 5.41) is 9.40. The molecule has 0 radical (unpaired) electrons. The summed E-state index contributed by atoms with van der Waals surface area (Å²) in [4.78, 5) is 13.4. The summed E-state index contributed by atoms with van der Waals surface area (Å²) in [6.07, 6.45) is 1.14. The van der Waals surface area contributed by atoms with Gasteiger partial charge in [0, 0.05) is 25.9 Å². The van der Waals surface area contributed by atoms with Crippen LogP contribution in [0.3, 0.4) is 0 Å². The van der Waals surface area contributed by atoms with Gasteiger partial charge < -0.3 is 0 Å². The molecule has 1 unspecified atom stereocenters. The Labute approximate surface area is 114 Å². The van der Waals surface area contributed by atoms with Crippen molar-refractivity contribution in [3.8, 4) is 6.07 Å². The van der Waals surface area contributed by atoms with E-state index < -0.39 is 0 Å². The molecule has 2 rings (SSSR count). The van der Waals surface area contributed by atoms with Crippen molar-refractivity contribution < 1.29 is 4.79 Å². The zero-order valence-electron chi connectivity index (χ0n) is 11.6. The molecule has 0 saturated carbocycles. The Morgan fingerprint density at radius 3 is 2.11 bits per heavy atom. The number of rotatable bonds is 3. The summed E-state index contributed by atoms with van der Waals surface area (Å²) < 4.78 is 0. The van der Waals surface area contributed by atoms with Crippen molar-refractivity contribution in [2.24, 2.45) is 0 Å². The fraction of sp³-hybridized carbons (Fsp3) is 0.500. The molecule has 0 aromatic heterocycles. The van der Waals surface area contributed by atoms with Gasteiger partial charge in [-0.15, -0.1) is 0 Å². The quantitative estimate of drug-likeness (QED) is 0.835. The Bertz CT molecular complexity index is 474. The van der Waals surface area contributed by atoms with E-state index in [1.54, 1.807) is 0 Å². The van der Waals surface area contributed by atoms with Gasteiger partial charge in [-0.05, 0) is 17.0 Å². The molecule has 1 saturated heterocycles. The highest BCUT2D eigenvalue weighted by Gasteiger charge is 2.24. The summed E-state index contributed by atoms with van der Waals surface area (Å²) in [5.74, 6) is 0.810. The number of carbonyl (C=O) groups excluding carboxylic acids is 1. The molecule has 100 valence electrons. The topological polar surface area (TPSA) is 44.1 Å². The van der Waals surface area contributed by atoms with Crippen molar-refractivity contribution >= 4 is 5.78 Å². The second-order valence-electron chi connectivity index (χ2n) is 5.43. The van der Waals surface area contributed by atoms with Crippen LogP contribution in [0.5, 0.6) is 0 Å². The fourth-order valence-electron chi connectivity index (χ4n) is 2.46. The van der Waals surface area contributed by atoms with Crippen LogP contribution in [0.15, 0.2) is 24.3 Å². The molecule has 3 nitrogen and oxygen atoms in total. The highest BCUT2D eigenvalue weighted by atomic mass is 16.1. The first kappa shape index (κ1) is 13.8. The Kier molecular flexibility index (Phi) is 4.34. The minimum Gasteiger partial charge on any atom is -0.300 e. The van der Waals surface area contributed by atoms with Crippen LogP contribution in [0.2, 0.25) is 0 Å². The summed E-state index contributed by atoms with van der Waals surface area (Å²) in [6.45, 7) is 5.71. The lowest BCUT2D eigenvalue weighted by molar-refractivity contribution is -0.121. The smallest absolute Gasteiger partial charge is 0.135 e. The maximum atomic E-state index is 11.3. The number of ketones is 1. The SMILES string of the molecule is CC(C)c1ccc(C(C#N)N2CCC(=O)CC2)cc1. The van der Waals surface area contributed by atoms with E-state index in [1.807, 2.05) is 12.1 Å². The second kappa shape index (κ2) is 5.99. The molecule has 1 aliphatic heterocycles. The third kappa shape index (κ3) is 3.21. The Hall–Kier alpha value is -1.66. The molecule has 3 heteroatoms. The molecule has 19 heavy (non-hydrogen) atoms. The predicted molar refractivity (Wildman–Crippen MR) is 74.7 cm³/mol. The van der Waals surface area contributed by atoms with Crippen molar-refractivity contribution in [2.75, 3.05) is 13.1 Å². The lowest BCUT2D eigenvalue weighted by Gasteiger charge is -2.30. The minimum atomic E-state index is -0.227. The largest absolute Gasteiger partial charge is 0.300 e. The molecule has 1 fully saturated rings. The van der Waals surface area contributed by atoms with Crippen molar-refractivity contribution in [1.82, 2.24) is 4.90 Å². The minimum absolute atomic E-state index is 0.227. The highest BCUT2D eigenvalue weighted by molar-refractivity contribution is 5.79. The molecule has 1 atom stereocenters. The van der Waals surface area contributed by atoms with E-state index in [2.05, 4.69) is 36.9 Å². The van der Waals surface area contributed by atoms with Gasteiger partial charge in [0.1, 0.15) is 11.8 Å². The maximum absolute atomic E-state index is 11.3. The van der Waals surface area contributed by atoms with Crippen LogP contribution in [-0.4, -0.2) is 23.8 Å². The number of nitriles is 1. The molecule has 0 bridgehead atoms. The second-order valence-corrected chi connectivity index (χ2v) is 5.43. The molecule has 1 aliphatic rings. The van der Waals surface area contributed by atoms with Gasteiger partial charge in [0.2, 0.25) is 0 Å². The zero-order valence-corrected chi connectivity index (χ0v) is 11.6. The molecule has 0 spiro atoms. The van der Waals surface area contributed by atoms with E-state index in [4.69, 9.17) is 0 Å². The van der Waals surface area contributed by atoms with E-state index in [0.29, 0.717) is 37.6 Å².